The first kappa shape index (κ1) is 9.45. The molecule has 76 valence electrons. The number of benzene rings is 1. The van der Waals surface area contributed by atoms with E-state index < -0.39 is 5.97 Å². The van der Waals surface area contributed by atoms with E-state index in [9.17, 15) is 9.90 Å². The van der Waals surface area contributed by atoms with E-state index in [1.54, 1.807) is 24.4 Å². The molecule has 0 saturated heterocycles. The minimum Gasteiger partial charge on any atom is -0.508 e. The van der Waals surface area contributed by atoms with Crippen LogP contribution in [0.15, 0.2) is 30.5 Å². The first-order valence-electron chi connectivity index (χ1n) is 4.38. The van der Waals surface area contributed by atoms with Crippen molar-refractivity contribution in [2.45, 2.75) is 0 Å². The van der Waals surface area contributed by atoms with Crippen LogP contribution in [0.5, 0.6) is 5.75 Å². The van der Waals surface area contributed by atoms with Gasteiger partial charge in [0.2, 0.25) is 0 Å². The van der Waals surface area contributed by atoms with E-state index in [4.69, 9.17) is 0 Å². The molecule has 0 spiro atoms. The maximum absolute atomic E-state index is 11.4. The third-order valence-electron chi connectivity index (χ3n) is 2.09. The molecule has 0 atom stereocenters. The number of rotatable bonds is 1. The fraction of sp³-hybridized carbons (Fsp3) is 0.0909. The van der Waals surface area contributed by atoms with Crippen molar-refractivity contribution in [3.8, 4) is 5.75 Å². The zero-order valence-electron chi connectivity index (χ0n) is 8.10. The van der Waals surface area contributed by atoms with Crippen molar-refractivity contribution in [3.63, 3.8) is 0 Å². The van der Waals surface area contributed by atoms with Gasteiger partial charge in [0.05, 0.1) is 18.2 Å². The van der Waals surface area contributed by atoms with Crippen LogP contribution in [0.2, 0.25) is 0 Å². The van der Waals surface area contributed by atoms with Gasteiger partial charge in [0.1, 0.15) is 5.75 Å². The van der Waals surface area contributed by atoms with E-state index in [0.29, 0.717) is 10.9 Å². The van der Waals surface area contributed by atoms with Crippen LogP contribution in [0.4, 0.5) is 0 Å². The molecule has 2 aromatic rings. The molecule has 1 N–H and O–H groups in total. The Morgan fingerprint density at radius 3 is 3.00 bits per heavy atom. The molecule has 0 saturated carbocycles. The number of ether oxygens (including phenoxy) is 1. The Hall–Kier alpha value is -2.10. The molecule has 0 aliphatic heterocycles. The number of methoxy groups -OCH3 is 1. The van der Waals surface area contributed by atoms with E-state index in [-0.39, 0.29) is 11.3 Å². The van der Waals surface area contributed by atoms with Gasteiger partial charge in [-0.2, -0.15) is 0 Å². The fourth-order valence-corrected chi connectivity index (χ4v) is 1.44. The van der Waals surface area contributed by atoms with Crippen molar-refractivity contribution in [2.24, 2.45) is 0 Å². The SMILES string of the molecule is COC(=O)c1cc(O)cc2cccnc12. The average Bonchev–Trinajstić information content (AvgIpc) is 2.26. The van der Waals surface area contributed by atoms with Crippen LogP contribution in [0.1, 0.15) is 10.4 Å². The average molecular weight is 203 g/mol. The Bertz CT molecular complexity index is 522. The normalized spacial score (nSPS) is 10.2. The van der Waals surface area contributed by atoms with Crippen molar-refractivity contribution >= 4 is 16.9 Å². The molecule has 4 nitrogen and oxygen atoms in total. The van der Waals surface area contributed by atoms with Gasteiger partial charge in [-0.3, -0.25) is 4.98 Å². The Morgan fingerprint density at radius 2 is 2.27 bits per heavy atom. The highest BCUT2D eigenvalue weighted by molar-refractivity contribution is 6.03. The standard InChI is InChI=1S/C11H9NO3/c1-15-11(14)9-6-8(13)5-7-3-2-4-12-10(7)9/h2-6,13H,1H3. The number of esters is 1. The lowest BCUT2D eigenvalue weighted by atomic mass is 10.1. The van der Waals surface area contributed by atoms with E-state index in [2.05, 4.69) is 9.72 Å². The topological polar surface area (TPSA) is 59.4 Å². The van der Waals surface area contributed by atoms with Gasteiger partial charge in [-0.1, -0.05) is 6.07 Å². The van der Waals surface area contributed by atoms with Crippen LogP contribution in [-0.2, 0) is 4.74 Å². The van der Waals surface area contributed by atoms with Crippen molar-refractivity contribution in [1.82, 2.24) is 4.98 Å². The van der Waals surface area contributed by atoms with Crippen LogP contribution in [0.3, 0.4) is 0 Å². The van der Waals surface area contributed by atoms with Crippen molar-refractivity contribution in [3.05, 3.63) is 36.0 Å². The Balaban J connectivity index is 2.76. The minimum absolute atomic E-state index is 0.0240. The summed E-state index contributed by atoms with van der Waals surface area (Å²) < 4.78 is 4.61. The highest BCUT2D eigenvalue weighted by atomic mass is 16.5. The molecule has 0 radical (unpaired) electrons. The van der Waals surface area contributed by atoms with Crippen molar-refractivity contribution < 1.29 is 14.6 Å². The Labute approximate surface area is 86.1 Å². The van der Waals surface area contributed by atoms with Gasteiger partial charge in [-0.05, 0) is 18.2 Å². The summed E-state index contributed by atoms with van der Waals surface area (Å²) in [6, 6.07) is 6.41. The second-order valence-corrected chi connectivity index (χ2v) is 3.06. The van der Waals surface area contributed by atoms with Crippen molar-refractivity contribution in [2.75, 3.05) is 7.11 Å². The smallest absolute Gasteiger partial charge is 0.340 e. The molecule has 4 heteroatoms. The monoisotopic (exact) mass is 203 g/mol. The first-order valence-corrected chi connectivity index (χ1v) is 4.38. The number of phenols is 1. The van der Waals surface area contributed by atoms with Crippen LogP contribution in [0, 0.1) is 0 Å². The molecule has 2 rings (SSSR count). The maximum atomic E-state index is 11.4. The van der Waals surface area contributed by atoms with Gasteiger partial charge in [0.15, 0.2) is 0 Å². The molecule has 1 aromatic heterocycles. The van der Waals surface area contributed by atoms with Crippen molar-refractivity contribution in [1.29, 1.82) is 0 Å². The van der Waals surface area contributed by atoms with Crippen LogP contribution in [-0.4, -0.2) is 23.2 Å². The molecule has 15 heavy (non-hydrogen) atoms. The number of carbonyl (C=O) groups excluding carboxylic acids is 1. The Kier molecular flexibility index (Phi) is 2.25. The zero-order chi connectivity index (χ0) is 10.8. The molecular weight excluding hydrogens is 194 g/mol. The second kappa shape index (κ2) is 3.57. The molecule has 0 amide bonds. The van der Waals surface area contributed by atoms with Crippen LogP contribution in [0.25, 0.3) is 10.9 Å². The summed E-state index contributed by atoms with van der Waals surface area (Å²) in [6.45, 7) is 0. The van der Waals surface area contributed by atoms with E-state index in [0.717, 1.165) is 0 Å². The number of fused-ring (bicyclic) bond motifs is 1. The number of hydrogen-bond donors (Lipinski definition) is 1. The summed E-state index contributed by atoms with van der Waals surface area (Å²) in [6.07, 6.45) is 1.59. The Morgan fingerprint density at radius 1 is 1.47 bits per heavy atom. The number of hydrogen-bond acceptors (Lipinski definition) is 4. The van der Waals surface area contributed by atoms with Gasteiger partial charge in [0, 0.05) is 11.6 Å². The third kappa shape index (κ3) is 1.61. The number of pyridine rings is 1. The number of aromatic nitrogens is 1. The predicted molar refractivity (Wildman–Crippen MR) is 54.7 cm³/mol. The fourth-order valence-electron chi connectivity index (χ4n) is 1.44. The van der Waals surface area contributed by atoms with E-state index in [1.807, 2.05) is 0 Å². The largest absolute Gasteiger partial charge is 0.508 e. The maximum Gasteiger partial charge on any atom is 0.340 e. The number of carbonyl (C=O) groups is 1. The van der Waals surface area contributed by atoms with E-state index in [1.165, 1.54) is 13.2 Å². The molecule has 1 aromatic carbocycles. The van der Waals surface area contributed by atoms with Gasteiger partial charge < -0.3 is 9.84 Å². The molecule has 0 fully saturated rings. The molecule has 0 aliphatic carbocycles. The summed E-state index contributed by atoms with van der Waals surface area (Å²) in [4.78, 5) is 15.5. The summed E-state index contributed by atoms with van der Waals surface area (Å²) >= 11 is 0. The summed E-state index contributed by atoms with van der Waals surface area (Å²) in [7, 11) is 1.29. The highest BCUT2D eigenvalue weighted by Gasteiger charge is 2.12. The molecular formula is C11H9NO3. The quantitative estimate of drug-likeness (QED) is 0.717. The second-order valence-electron chi connectivity index (χ2n) is 3.06. The molecule has 1 heterocycles. The summed E-state index contributed by atoms with van der Waals surface area (Å²) in [5, 5.41) is 10.1. The van der Waals surface area contributed by atoms with E-state index >= 15 is 0 Å². The predicted octanol–water partition coefficient (Wildman–Crippen LogP) is 1.73. The third-order valence-corrected chi connectivity index (χ3v) is 2.09. The summed E-state index contributed by atoms with van der Waals surface area (Å²) in [5.74, 6) is -0.481. The van der Waals surface area contributed by atoms with Gasteiger partial charge in [0.25, 0.3) is 0 Å². The van der Waals surface area contributed by atoms with Crippen LogP contribution < -0.4 is 0 Å². The number of phenolic OH excluding ortho intramolecular Hbond substituents is 1. The molecule has 0 aliphatic rings. The molecule has 0 bridgehead atoms. The highest BCUT2D eigenvalue weighted by Crippen LogP contribution is 2.23. The van der Waals surface area contributed by atoms with Gasteiger partial charge >= 0.3 is 5.97 Å². The minimum atomic E-state index is -0.505. The number of nitrogens with zero attached hydrogens (tertiary/aromatic N) is 1. The number of aromatic hydroxyl groups is 1. The lowest BCUT2D eigenvalue weighted by molar-refractivity contribution is 0.0602. The lowest BCUT2D eigenvalue weighted by Crippen LogP contribution is -2.02. The molecule has 0 unspecified atom stereocenters. The summed E-state index contributed by atoms with van der Waals surface area (Å²) in [5.41, 5.74) is 0.801. The first-order chi connectivity index (χ1) is 7.22. The zero-order valence-corrected chi connectivity index (χ0v) is 8.10. The van der Waals surface area contributed by atoms with Gasteiger partial charge in [-0.25, -0.2) is 4.79 Å². The van der Waals surface area contributed by atoms with Crippen LogP contribution >= 0.6 is 0 Å². The van der Waals surface area contributed by atoms with Gasteiger partial charge in [-0.15, -0.1) is 0 Å². The lowest BCUT2D eigenvalue weighted by Gasteiger charge is -2.04.